The summed E-state index contributed by atoms with van der Waals surface area (Å²) in [6, 6.07) is 0. The first-order valence-electron chi connectivity index (χ1n) is 6.60. The van der Waals surface area contributed by atoms with Crippen LogP contribution in [0, 0.1) is 0 Å². The lowest BCUT2D eigenvalue weighted by atomic mass is 10.3. The van der Waals surface area contributed by atoms with Crippen molar-refractivity contribution >= 4 is 33.0 Å². The van der Waals surface area contributed by atoms with E-state index in [9.17, 15) is 4.79 Å². The molecule has 0 aliphatic heterocycles. The molecule has 2 heterocycles. The highest BCUT2D eigenvalue weighted by Crippen LogP contribution is 2.16. The van der Waals surface area contributed by atoms with Crippen LogP contribution >= 0.6 is 27.3 Å². The highest BCUT2D eigenvalue weighted by molar-refractivity contribution is 9.10. The monoisotopic (exact) mass is 356 g/mol. The molecule has 2 rings (SSSR count). The smallest absolute Gasteiger partial charge is 0.283 e. The molecule has 0 fully saturated rings. The van der Waals surface area contributed by atoms with Gasteiger partial charge in [-0.25, -0.2) is 9.67 Å². The third-order valence-electron chi connectivity index (χ3n) is 2.85. The lowest BCUT2D eigenvalue weighted by Gasteiger charge is -2.09. The van der Waals surface area contributed by atoms with Crippen LogP contribution in [-0.4, -0.2) is 21.3 Å². The summed E-state index contributed by atoms with van der Waals surface area (Å²) < 4.78 is 2.04. The number of anilines is 1. The fourth-order valence-electron chi connectivity index (χ4n) is 1.74. The van der Waals surface area contributed by atoms with Crippen LogP contribution in [0.3, 0.4) is 0 Å². The zero-order valence-electron chi connectivity index (χ0n) is 11.3. The molecule has 5 nitrogen and oxygen atoms in total. The van der Waals surface area contributed by atoms with Crippen molar-refractivity contribution < 1.29 is 0 Å². The Kier molecular flexibility index (Phi) is 5.72. The molecule has 0 atom stereocenters. The summed E-state index contributed by atoms with van der Waals surface area (Å²) in [4.78, 5) is 16.3. The van der Waals surface area contributed by atoms with Gasteiger partial charge in [-0.05, 0) is 22.4 Å². The van der Waals surface area contributed by atoms with Gasteiger partial charge in [0.2, 0.25) is 0 Å². The number of halogens is 1. The van der Waals surface area contributed by atoms with Crippen molar-refractivity contribution in [2.24, 2.45) is 0 Å². The van der Waals surface area contributed by atoms with Crippen molar-refractivity contribution in [2.75, 3.05) is 11.9 Å². The van der Waals surface area contributed by atoms with E-state index < -0.39 is 0 Å². The van der Waals surface area contributed by atoms with Gasteiger partial charge in [-0.1, -0.05) is 13.3 Å². The normalized spacial score (nSPS) is 10.7. The largest absolute Gasteiger partial charge is 0.382 e. The summed E-state index contributed by atoms with van der Waals surface area (Å²) in [7, 11) is 0. The first kappa shape index (κ1) is 15.2. The van der Waals surface area contributed by atoms with Gasteiger partial charge in [-0.3, -0.25) is 4.79 Å². The fourth-order valence-corrected chi connectivity index (χ4v) is 2.80. The van der Waals surface area contributed by atoms with Gasteiger partial charge in [0.05, 0.1) is 16.9 Å². The van der Waals surface area contributed by atoms with E-state index in [1.807, 2.05) is 5.38 Å². The number of nitrogens with one attached hydrogen (secondary N) is 1. The van der Waals surface area contributed by atoms with Crippen LogP contribution in [-0.2, 0) is 13.0 Å². The molecule has 2 aromatic heterocycles. The number of rotatable bonds is 7. The lowest BCUT2D eigenvalue weighted by molar-refractivity contribution is 0.541. The molecule has 7 heteroatoms. The molecule has 1 N–H and O–H groups in total. The van der Waals surface area contributed by atoms with Crippen LogP contribution in [0.5, 0.6) is 0 Å². The van der Waals surface area contributed by atoms with E-state index in [1.165, 1.54) is 4.68 Å². The Bertz CT molecular complexity index is 597. The fraction of sp³-hybridized carbons (Fsp3) is 0.462. The van der Waals surface area contributed by atoms with E-state index in [1.54, 1.807) is 23.7 Å². The van der Waals surface area contributed by atoms with Crippen LogP contribution in [0.15, 0.2) is 27.0 Å². The highest BCUT2D eigenvalue weighted by atomic mass is 79.9. The van der Waals surface area contributed by atoms with Crippen molar-refractivity contribution in [3.63, 3.8) is 0 Å². The molecule has 2 aromatic rings. The van der Waals surface area contributed by atoms with Crippen LogP contribution in [0.4, 0.5) is 5.69 Å². The maximum absolute atomic E-state index is 12.1. The summed E-state index contributed by atoms with van der Waals surface area (Å²) in [6.07, 6.45) is 6.33. The van der Waals surface area contributed by atoms with Gasteiger partial charge in [0, 0.05) is 31.1 Å². The van der Waals surface area contributed by atoms with Crippen molar-refractivity contribution in [2.45, 2.75) is 32.7 Å². The van der Waals surface area contributed by atoms with Crippen LogP contribution in [0.2, 0.25) is 0 Å². The summed E-state index contributed by atoms with van der Waals surface area (Å²) in [5.74, 6) is 0. The number of thiazole rings is 1. The molecule has 0 aromatic carbocycles. The number of hydrogen-bond acceptors (Lipinski definition) is 5. The Hall–Kier alpha value is -1.21. The molecular formula is C13H17BrN4OS. The SMILES string of the molecule is CCCCn1ncc(NCCc2nccs2)c(Br)c1=O. The molecule has 0 saturated carbocycles. The second kappa shape index (κ2) is 7.54. The van der Waals surface area contributed by atoms with Gasteiger partial charge >= 0.3 is 0 Å². The Balaban J connectivity index is 1.98. The average molecular weight is 357 g/mol. The maximum Gasteiger partial charge on any atom is 0.283 e. The predicted octanol–water partition coefficient (Wildman–Crippen LogP) is 2.92. The zero-order valence-corrected chi connectivity index (χ0v) is 13.7. The first-order chi connectivity index (χ1) is 9.72. The molecule has 108 valence electrons. The highest BCUT2D eigenvalue weighted by Gasteiger charge is 2.08. The molecule has 0 aliphatic rings. The van der Waals surface area contributed by atoms with Gasteiger partial charge in [0.1, 0.15) is 4.47 Å². The molecule has 0 bridgehead atoms. The lowest BCUT2D eigenvalue weighted by Crippen LogP contribution is -2.24. The van der Waals surface area contributed by atoms with Gasteiger partial charge < -0.3 is 5.32 Å². The van der Waals surface area contributed by atoms with Gasteiger partial charge in [-0.15, -0.1) is 11.3 Å². The van der Waals surface area contributed by atoms with E-state index in [2.05, 4.69) is 38.3 Å². The Morgan fingerprint density at radius 3 is 3.05 bits per heavy atom. The molecule has 20 heavy (non-hydrogen) atoms. The molecule has 0 spiro atoms. The Morgan fingerprint density at radius 1 is 1.50 bits per heavy atom. The van der Waals surface area contributed by atoms with E-state index in [-0.39, 0.29) is 5.56 Å². The van der Waals surface area contributed by atoms with E-state index in [0.717, 1.165) is 36.5 Å². The number of unbranched alkanes of at least 4 members (excludes halogenated alkanes) is 1. The average Bonchev–Trinajstić information content (AvgIpc) is 2.96. The van der Waals surface area contributed by atoms with Gasteiger partial charge in [0.15, 0.2) is 0 Å². The van der Waals surface area contributed by atoms with Crippen molar-refractivity contribution in [3.8, 4) is 0 Å². The molecule has 0 unspecified atom stereocenters. The maximum atomic E-state index is 12.1. The van der Waals surface area contributed by atoms with E-state index >= 15 is 0 Å². The summed E-state index contributed by atoms with van der Waals surface area (Å²) in [5, 5.41) is 10.5. The summed E-state index contributed by atoms with van der Waals surface area (Å²) in [5.41, 5.74) is 0.650. The third kappa shape index (κ3) is 3.89. The van der Waals surface area contributed by atoms with E-state index in [4.69, 9.17) is 0 Å². The summed E-state index contributed by atoms with van der Waals surface area (Å²) in [6.45, 7) is 3.48. The minimum absolute atomic E-state index is 0.0855. The van der Waals surface area contributed by atoms with Crippen molar-refractivity contribution in [1.82, 2.24) is 14.8 Å². The van der Waals surface area contributed by atoms with Crippen LogP contribution in [0.25, 0.3) is 0 Å². The minimum atomic E-state index is -0.0855. The van der Waals surface area contributed by atoms with Crippen molar-refractivity contribution in [3.05, 3.63) is 37.6 Å². The molecule has 0 radical (unpaired) electrons. The molecule has 0 amide bonds. The Morgan fingerprint density at radius 2 is 2.35 bits per heavy atom. The number of aryl methyl sites for hydroxylation is 1. The van der Waals surface area contributed by atoms with Gasteiger partial charge in [-0.2, -0.15) is 5.10 Å². The van der Waals surface area contributed by atoms with Crippen molar-refractivity contribution in [1.29, 1.82) is 0 Å². The third-order valence-corrected chi connectivity index (χ3v) is 4.45. The second-order valence-electron chi connectivity index (χ2n) is 4.36. The zero-order chi connectivity index (χ0) is 14.4. The first-order valence-corrected chi connectivity index (χ1v) is 8.27. The Labute approximate surface area is 130 Å². The van der Waals surface area contributed by atoms with Gasteiger partial charge in [0.25, 0.3) is 5.56 Å². The molecule has 0 aliphatic carbocycles. The quantitative estimate of drug-likeness (QED) is 0.828. The topological polar surface area (TPSA) is 59.8 Å². The van der Waals surface area contributed by atoms with E-state index in [0.29, 0.717) is 11.0 Å². The molecule has 0 saturated heterocycles. The predicted molar refractivity (Wildman–Crippen MR) is 85.4 cm³/mol. The summed E-state index contributed by atoms with van der Waals surface area (Å²) >= 11 is 4.99. The number of aromatic nitrogens is 3. The van der Waals surface area contributed by atoms with Crippen LogP contribution in [0.1, 0.15) is 24.8 Å². The second-order valence-corrected chi connectivity index (χ2v) is 6.13. The number of hydrogen-bond donors (Lipinski definition) is 1. The number of nitrogens with zero attached hydrogens (tertiary/aromatic N) is 3. The standard InChI is InChI=1S/C13H17BrN4OS/c1-2-3-7-18-13(19)12(14)10(9-17-18)15-5-4-11-16-6-8-20-11/h6,8-9,15H,2-5,7H2,1H3. The molecular weight excluding hydrogens is 340 g/mol. The van der Waals surface area contributed by atoms with Crippen LogP contribution < -0.4 is 10.9 Å². The minimum Gasteiger partial charge on any atom is -0.382 e.